The van der Waals surface area contributed by atoms with Crippen molar-refractivity contribution in [1.82, 2.24) is 0 Å². The van der Waals surface area contributed by atoms with Crippen molar-refractivity contribution in [1.29, 1.82) is 0 Å². The molecule has 0 atom stereocenters. The number of anilines is 1. The molecule has 2 aromatic carbocycles. The molecule has 0 bridgehead atoms. The van der Waals surface area contributed by atoms with Crippen molar-refractivity contribution in [2.45, 2.75) is 6.92 Å². The van der Waals surface area contributed by atoms with Crippen LogP contribution >= 0.6 is 11.6 Å². The van der Waals surface area contributed by atoms with Gasteiger partial charge in [-0.05, 0) is 31.2 Å². The van der Waals surface area contributed by atoms with Crippen molar-refractivity contribution >= 4 is 23.3 Å². The zero-order chi connectivity index (χ0) is 14.7. The van der Waals surface area contributed by atoms with E-state index in [0.717, 1.165) is 5.56 Å². The molecule has 104 valence electrons. The van der Waals surface area contributed by atoms with Gasteiger partial charge < -0.3 is 15.2 Å². The maximum absolute atomic E-state index is 11.8. The number of carbonyl (C=O) groups is 1. The number of carbonyl (C=O) groups excluding carboxylic acids is 1. The Bertz CT molecular complexity index is 638. The number of hydrogen-bond acceptors (Lipinski definition) is 4. The topological polar surface area (TPSA) is 61.5 Å². The van der Waals surface area contributed by atoms with Crippen molar-refractivity contribution in [3.63, 3.8) is 0 Å². The molecule has 0 fully saturated rings. The van der Waals surface area contributed by atoms with Crippen molar-refractivity contribution < 1.29 is 14.3 Å². The molecule has 2 rings (SSSR count). The van der Waals surface area contributed by atoms with Gasteiger partial charge in [-0.15, -0.1) is 0 Å². The minimum atomic E-state index is -0.554. The SMILES string of the molecule is COC(=O)c1cc(N)cc(Cl)c1Oc1ccc(C)cc1. The van der Waals surface area contributed by atoms with E-state index >= 15 is 0 Å². The summed E-state index contributed by atoms with van der Waals surface area (Å²) in [5, 5.41) is 0.256. The number of aryl methyl sites for hydroxylation is 1. The van der Waals surface area contributed by atoms with Gasteiger partial charge in [0.15, 0.2) is 5.75 Å². The van der Waals surface area contributed by atoms with Crippen LogP contribution in [0.3, 0.4) is 0 Å². The van der Waals surface area contributed by atoms with E-state index in [4.69, 9.17) is 26.8 Å². The maximum atomic E-state index is 11.8. The highest BCUT2D eigenvalue weighted by atomic mass is 35.5. The van der Waals surface area contributed by atoms with E-state index in [1.165, 1.54) is 19.2 Å². The Balaban J connectivity index is 2.44. The Morgan fingerprint density at radius 1 is 1.20 bits per heavy atom. The fourth-order valence-corrected chi connectivity index (χ4v) is 1.97. The Morgan fingerprint density at radius 3 is 2.45 bits per heavy atom. The number of nitrogen functional groups attached to an aromatic ring is 1. The van der Waals surface area contributed by atoms with Crippen LogP contribution in [0.4, 0.5) is 5.69 Å². The molecule has 0 heterocycles. The zero-order valence-corrected chi connectivity index (χ0v) is 11.9. The van der Waals surface area contributed by atoms with Crippen LogP contribution in [0.1, 0.15) is 15.9 Å². The summed E-state index contributed by atoms with van der Waals surface area (Å²) >= 11 is 6.10. The summed E-state index contributed by atoms with van der Waals surface area (Å²) in [6, 6.07) is 10.4. The molecule has 0 unspecified atom stereocenters. The molecule has 2 aromatic rings. The van der Waals surface area contributed by atoms with Gasteiger partial charge in [0, 0.05) is 5.69 Å². The van der Waals surface area contributed by atoms with Crippen LogP contribution in [0.25, 0.3) is 0 Å². The fourth-order valence-electron chi connectivity index (χ4n) is 1.70. The number of hydrogen-bond donors (Lipinski definition) is 1. The van der Waals surface area contributed by atoms with E-state index in [-0.39, 0.29) is 16.3 Å². The smallest absolute Gasteiger partial charge is 0.341 e. The summed E-state index contributed by atoms with van der Waals surface area (Å²) in [4.78, 5) is 11.8. The molecular weight excluding hydrogens is 278 g/mol. The van der Waals surface area contributed by atoms with Crippen molar-refractivity contribution in [2.75, 3.05) is 12.8 Å². The van der Waals surface area contributed by atoms with Crippen LogP contribution < -0.4 is 10.5 Å². The van der Waals surface area contributed by atoms with Crippen LogP contribution in [0, 0.1) is 6.92 Å². The van der Waals surface area contributed by atoms with Crippen molar-refractivity contribution in [3.8, 4) is 11.5 Å². The standard InChI is InChI=1S/C15H14ClNO3/c1-9-3-5-11(6-4-9)20-14-12(15(18)19-2)7-10(17)8-13(14)16/h3-8H,17H2,1-2H3. The Labute approximate surface area is 122 Å². The second-order valence-corrected chi connectivity index (χ2v) is 4.69. The molecule has 5 heteroatoms. The van der Waals surface area contributed by atoms with Crippen molar-refractivity contribution in [2.24, 2.45) is 0 Å². The quantitative estimate of drug-likeness (QED) is 0.690. The molecule has 0 amide bonds. The Hall–Kier alpha value is -2.20. The van der Waals surface area contributed by atoms with E-state index in [1.807, 2.05) is 19.1 Å². The number of halogens is 1. The lowest BCUT2D eigenvalue weighted by Crippen LogP contribution is -2.05. The van der Waals surface area contributed by atoms with Gasteiger partial charge in [0.25, 0.3) is 0 Å². The Kier molecular flexibility index (Phi) is 4.15. The molecule has 0 saturated carbocycles. The summed E-state index contributed by atoms with van der Waals surface area (Å²) in [5.41, 5.74) is 7.35. The predicted octanol–water partition coefficient (Wildman–Crippen LogP) is 3.81. The first-order chi connectivity index (χ1) is 9.51. The van der Waals surface area contributed by atoms with E-state index in [0.29, 0.717) is 11.4 Å². The van der Waals surface area contributed by atoms with Crippen molar-refractivity contribution in [3.05, 3.63) is 52.5 Å². The maximum Gasteiger partial charge on any atom is 0.341 e. The summed E-state index contributed by atoms with van der Waals surface area (Å²) in [6.07, 6.45) is 0. The van der Waals surface area contributed by atoms with Gasteiger partial charge in [-0.2, -0.15) is 0 Å². The first-order valence-corrected chi connectivity index (χ1v) is 6.31. The zero-order valence-electron chi connectivity index (χ0n) is 11.1. The van der Waals surface area contributed by atoms with Crippen LogP contribution in [-0.2, 0) is 4.74 Å². The molecular formula is C15H14ClNO3. The van der Waals surface area contributed by atoms with Crippen LogP contribution in [-0.4, -0.2) is 13.1 Å². The second kappa shape index (κ2) is 5.84. The third-order valence-electron chi connectivity index (χ3n) is 2.71. The molecule has 2 N–H and O–H groups in total. The van der Waals surface area contributed by atoms with Gasteiger partial charge in [-0.3, -0.25) is 0 Å². The molecule has 0 aromatic heterocycles. The highest BCUT2D eigenvalue weighted by Crippen LogP contribution is 2.35. The number of nitrogens with two attached hydrogens (primary N) is 1. The first kappa shape index (κ1) is 14.2. The second-order valence-electron chi connectivity index (χ2n) is 4.29. The average molecular weight is 292 g/mol. The third-order valence-corrected chi connectivity index (χ3v) is 2.99. The number of benzene rings is 2. The van der Waals surface area contributed by atoms with Gasteiger partial charge in [0.2, 0.25) is 0 Å². The number of rotatable bonds is 3. The number of ether oxygens (including phenoxy) is 2. The van der Waals surface area contributed by atoms with Gasteiger partial charge in [-0.25, -0.2) is 4.79 Å². The molecule has 20 heavy (non-hydrogen) atoms. The normalized spacial score (nSPS) is 10.2. The van der Waals surface area contributed by atoms with E-state index in [1.54, 1.807) is 12.1 Å². The first-order valence-electron chi connectivity index (χ1n) is 5.93. The minimum absolute atomic E-state index is 0.193. The lowest BCUT2D eigenvalue weighted by molar-refractivity contribution is 0.0598. The van der Waals surface area contributed by atoms with Gasteiger partial charge in [0.1, 0.15) is 11.3 Å². The summed E-state index contributed by atoms with van der Waals surface area (Å²) in [6.45, 7) is 1.97. The highest BCUT2D eigenvalue weighted by Gasteiger charge is 2.18. The third kappa shape index (κ3) is 3.03. The average Bonchev–Trinajstić information content (AvgIpc) is 2.42. The van der Waals surface area contributed by atoms with Gasteiger partial charge >= 0.3 is 5.97 Å². The minimum Gasteiger partial charge on any atom is -0.465 e. The van der Waals surface area contributed by atoms with E-state index < -0.39 is 5.97 Å². The molecule has 0 aliphatic carbocycles. The molecule has 4 nitrogen and oxygen atoms in total. The molecule has 0 aliphatic heterocycles. The predicted molar refractivity (Wildman–Crippen MR) is 78.5 cm³/mol. The number of esters is 1. The monoisotopic (exact) mass is 291 g/mol. The van der Waals surface area contributed by atoms with E-state index in [2.05, 4.69) is 0 Å². The van der Waals surface area contributed by atoms with Gasteiger partial charge in [0.05, 0.1) is 12.1 Å². The summed E-state index contributed by atoms with van der Waals surface area (Å²) in [5.74, 6) is 0.255. The Morgan fingerprint density at radius 2 is 1.85 bits per heavy atom. The van der Waals surface area contributed by atoms with Gasteiger partial charge in [-0.1, -0.05) is 29.3 Å². The molecule has 0 saturated heterocycles. The largest absolute Gasteiger partial charge is 0.465 e. The lowest BCUT2D eigenvalue weighted by Gasteiger charge is -2.12. The number of methoxy groups -OCH3 is 1. The van der Waals surface area contributed by atoms with Crippen LogP contribution in [0.2, 0.25) is 5.02 Å². The molecule has 0 aliphatic rings. The summed E-state index contributed by atoms with van der Waals surface area (Å²) in [7, 11) is 1.29. The molecule has 0 spiro atoms. The van der Waals surface area contributed by atoms with Crippen LogP contribution in [0.5, 0.6) is 11.5 Å². The summed E-state index contributed by atoms with van der Waals surface area (Å²) < 4.78 is 10.4. The fraction of sp³-hybridized carbons (Fsp3) is 0.133. The van der Waals surface area contributed by atoms with Crippen LogP contribution in [0.15, 0.2) is 36.4 Å². The highest BCUT2D eigenvalue weighted by molar-refractivity contribution is 6.33. The van der Waals surface area contributed by atoms with E-state index in [9.17, 15) is 4.79 Å². The molecule has 0 radical (unpaired) electrons. The lowest BCUT2D eigenvalue weighted by atomic mass is 10.1.